The molecule has 5 heteroatoms. The first-order chi connectivity index (χ1) is 9.17. The molecule has 0 radical (unpaired) electrons. The van der Waals surface area contributed by atoms with E-state index in [1.54, 1.807) is 7.11 Å². The number of anilines is 1. The molecule has 1 unspecified atom stereocenters. The van der Waals surface area contributed by atoms with Crippen LogP contribution in [0, 0.1) is 0 Å². The summed E-state index contributed by atoms with van der Waals surface area (Å²) in [6.07, 6.45) is 4.16. The Labute approximate surface area is 117 Å². The lowest BCUT2D eigenvalue weighted by Crippen LogP contribution is -2.40. The third kappa shape index (κ3) is 3.04. The first-order valence-corrected chi connectivity index (χ1v) is 7.58. The van der Waals surface area contributed by atoms with Crippen LogP contribution in [0.4, 0.5) is 5.69 Å². The third-order valence-corrected chi connectivity index (χ3v) is 4.27. The molecule has 1 fully saturated rings. The molecule has 4 nitrogen and oxygen atoms in total. The molecule has 1 N–H and O–H groups in total. The van der Waals surface area contributed by atoms with E-state index in [-0.39, 0.29) is 6.10 Å². The highest BCUT2D eigenvalue weighted by Crippen LogP contribution is 2.31. The van der Waals surface area contributed by atoms with Crippen LogP contribution in [-0.2, 0) is 4.74 Å². The van der Waals surface area contributed by atoms with Crippen LogP contribution < -0.4 is 4.90 Å². The topological polar surface area (TPSA) is 49.8 Å². The van der Waals surface area contributed by atoms with Gasteiger partial charge in [-0.3, -0.25) is 0 Å². The molecule has 19 heavy (non-hydrogen) atoms. The predicted octanol–water partition coefficient (Wildman–Crippen LogP) is 2.72. The van der Waals surface area contributed by atoms with Crippen molar-refractivity contribution in [2.24, 2.45) is 0 Å². The second kappa shape index (κ2) is 6.30. The lowest BCUT2D eigenvalue weighted by Gasteiger charge is -2.34. The van der Waals surface area contributed by atoms with Crippen molar-refractivity contribution in [3.8, 4) is 0 Å². The molecule has 1 aliphatic rings. The molecule has 104 valence electrons. The number of ether oxygens (including phenoxy) is 1. The van der Waals surface area contributed by atoms with E-state index in [9.17, 15) is 9.90 Å². The van der Waals surface area contributed by atoms with E-state index in [2.05, 4.69) is 4.90 Å². The fourth-order valence-electron chi connectivity index (χ4n) is 2.52. The Morgan fingerprint density at radius 3 is 2.95 bits per heavy atom. The molecule has 0 saturated carbocycles. The summed E-state index contributed by atoms with van der Waals surface area (Å²) in [5.41, 5.74) is 1.22. The second-order valence-corrected chi connectivity index (χ2v) is 5.45. The van der Waals surface area contributed by atoms with Crippen LogP contribution >= 0.6 is 11.8 Å². The highest BCUT2D eigenvalue weighted by molar-refractivity contribution is 7.98. The molecule has 1 atom stereocenters. The van der Waals surface area contributed by atoms with E-state index >= 15 is 0 Å². The number of carbonyl (C=O) groups is 1. The van der Waals surface area contributed by atoms with Crippen molar-refractivity contribution in [3.05, 3.63) is 23.8 Å². The molecule has 0 amide bonds. The standard InChI is InChI=1S/C14H19NO3S/c1-18-10-5-4-8-15(9-10)11-6-3-7-12(19-2)13(11)14(16)17/h3,6-7,10H,4-5,8-9H2,1-2H3,(H,16,17). The van der Waals surface area contributed by atoms with Gasteiger partial charge in [-0.1, -0.05) is 6.07 Å². The fourth-order valence-corrected chi connectivity index (χ4v) is 3.13. The van der Waals surface area contributed by atoms with Crippen LogP contribution in [0.1, 0.15) is 23.2 Å². The quantitative estimate of drug-likeness (QED) is 0.860. The first kappa shape index (κ1) is 14.2. The number of rotatable bonds is 4. The summed E-state index contributed by atoms with van der Waals surface area (Å²) in [7, 11) is 1.71. The van der Waals surface area contributed by atoms with Gasteiger partial charge in [0, 0.05) is 25.1 Å². The van der Waals surface area contributed by atoms with E-state index in [1.165, 1.54) is 11.8 Å². The van der Waals surface area contributed by atoms with Gasteiger partial charge in [0.15, 0.2) is 0 Å². The molecule has 0 aromatic heterocycles. The summed E-state index contributed by atoms with van der Waals surface area (Å²) in [6.45, 7) is 1.65. The Kier molecular flexibility index (Phi) is 4.71. The molecule has 1 aromatic rings. The molecule has 0 aliphatic carbocycles. The van der Waals surface area contributed by atoms with E-state index in [4.69, 9.17) is 4.74 Å². The summed E-state index contributed by atoms with van der Waals surface area (Å²) in [5, 5.41) is 9.46. The van der Waals surface area contributed by atoms with Crippen LogP contribution in [0.2, 0.25) is 0 Å². The monoisotopic (exact) mass is 281 g/mol. The van der Waals surface area contributed by atoms with Crippen LogP contribution in [0.25, 0.3) is 0 Å². The highest BCUT2D eigenvalue weighted by Gasteiger charge is 2.24. The molecule has 1 heterocycles. The van der Waals surface area contributed by atoms with Gasteiger partial charge in [-0.05, 0) is 31.2 Å². The van der Waals surface area contributed by atoms with Crippen molar-refractivity contribution < 1.29 is 14.6 Å². The molecule has 1 aliphatic heterocycles. The van der Waals surface area contributed by atoms with Gasteiger partial charge in [0.2, 0.25) is 0 Å². The Bertz CT molecular complexity index is 464. The average Bonchev–Trinajstić information content (AvgIpc) is 2.46. The van der Waals surface area contributed by atoms with Gasteiger partial charge in [0.1, 0.15) is 0 Å². The minimum absolute atomic E-state index is 0.188. The summed E-state index contributed by atoms with van der Waals surface area (Å²) < 4.78 is 5.41. The van der Waals surface area contributed by atoms with Crippen molar-refractivity contribution >= 4 is 23.4 Å². The Morgan fingerprint density at radius 1 is 1.53 bits per heavy atom. The van der Waals surface area contributed by atoms with Crippen LogP contribution in [0.15, 0.2) is 23.1 Å². The SMILES string of the molecule is COC1CCCN(c2cccc(SC)c2C(=O)O)C1. The fraction of sp³-hybridized carbons (Fsp3) is 0.500. The maximum absolute atomic E-state index is 11.5. The van der Waals surface area contributed by atoms with E-state index < -0.39 is 5.97 Å². The number of benzene rings is 1. The predicted molar refractivity (Wildman–Crippen MR) is 77.4 cm³/mol. The largest absolute Gasteiger partial charge is 0.478 e. The zero-order valence-corrected chi connectivity index (χ0v) is 12.1. The van der Waals surface area contributed by atoms with Crippen LogP contribution in [0.3, 0.4) is 0 Å². The van der Waals surface area contributed by atoms with Crippen molar-refractivity contribution in [2.45, 2.75) is 23.8 Å². The summed E-state index contributed by atoms with van der Waals surface area (Å²) in [4.78, 5) is 14.5. The lowest BCUT2D eigenvalue weighted by molar-refractivity contribution is 0.0691. The van der Waals surface area contributed by atoms with Gasteiger partial charge < -0.3 is 14.7 Å². The number of thioether (sulfide) groups is 1. The minimum atomic E-state index is -0.862. The summed E-state index contributed by atoms with van der Waals surface area (Å²) >= 11 is 1.47. The highest BCUT2D eigenvalue weighted by atomic mass is 32.2. The van der Waals surface area contributed by atoms with Gasteiger partial charge >= 0.3 is 5.97 Å². The number of hydrogen-bond donors (Lipinski definition) is 1. The van der Waals surface area contributed by atoms with Gasteiger partial charge in [-0.25, -0.2) is 4.79 Å². The number of carboxylic acid groups (broad SMARTS) is 1. The third-order valence-electron chi connectivity index (χ3n) is 3.49. The molecular formula is C14H19NO3S. The molecule has 1 saturated heterocycles. The average molecular weight is 281 g/mol. The number of piperidine rings is 1. The first-order valence-electron chi connectivity index (χ1n) is 6.35. The molecule has 1 aromatic carbocycles. The van der Waals surface area contributed by atoms with Crippen molar-refractivity contribution in [3.63, 3.8) is 0 Å². The number of nitrogens with zero attached hydrogens (tertiary/aromatic N) is 1. The molecular weight excluding hydrogens is 262 g/mol. The van der Waals surface area contributed by atoms with Crippen LogP contribution in [0.5, 0.6) is 0 Å². The van der Waals surface area contributed by atoms with E-state index in [1.807, 2.05) is 24.5 Å². The summed E-state index contributed by atoms with van der Waals surface area (Å²) in [6, 6.07) is 5.67. The zero-order chi connectivity index (χ0) is 13.8. The van der Waals surface area contributed by atoms with Gasteiger partial charge in [0.25, 0.3) is 0 Å². The Balaban J connectivity index is 2.35. The number of hydrogen-bond acceptors (Lipinski definition) is 4. The number of carboxylic acids is 1. The lowest BCUT2D eigenvalue weighted by atomic mass is 10.1. The van der Waals surface area contributed by atoms with Gasteiger partial charge in [0.05, 0.1) is 17.4 Å². The maximum Gasteiger partial charge on any atom is 0.338 e. The molecule has 2 rings (SSSR count). The Hall–Kier alpha value is -1.20. The number of aromatic carboxylic acids is 1. The normalized spacial score (nSPS) is 19.5. The van der Waals surface area contributed by atoms with Gasteiger partial charge in [-0.15, -0.1) is 11.8 Å². The van der Waals surface area contributed by atoms with E-state index in [0.29, 0.717) is 5.56 Å². The summed E-state index contributed by atoms with van der Waals surface area (Å²) in [5.74, 6) is -0.862. The molecule has 0 bridgehead atoms. The second-order valence-electron chi connectivity index (χ2n) is 4.61. The van der Waals surface area contributed by atoms with E-state index in [0.717, 1.165) is 36.5 Å². The van der Waals surface area contributed by atoms with Gasteiger partial charge in [-0.2, -0.15) is 0 Å². The van der Waals surface area contributed by atoms with Crippen molar-refractivity contribution in [1.29, 1.82) is 0 Å². The smallest absolute Gasteiger partial charge is 0.338 e. The Morgan fingerprint density at radius 2 is 2.32 bits per heavy atom. The minimum Gasteiger partial charge on any atom is -0.478 e. The maximum atomic E-state index is 11.5. The van der Waals surface area contributed by atoms with Crippen LogP contribution in [-0.4, -0.2) is 43.6 Å². The van der Waals surface area contributed by atoms with Crippen molar-refractivity contribution in [1.82, 2.24) is 0 Å². The molecule has 0 spiro atoms. The number of methoxy groups -OCH3 is 1. The zero-order valence-electron chi connectivity index (χ0n) is 11.3. The van der Waals surface area contributed by atoms with Crippen molar-refractivity contribution in [2.75, 3.05) is 31.4 Å².